The van der Waals surface area contributed by atoms with Gasteiger partial charge in [0.05, 0.1) is 7.11 Å². The van der Waals surface area contributed by atoms with Crippen LogP contribution in [0.15, 0.2) is 18.2 Å². The van der Waals surface area contributed by atoms with Crippen molar-refractivity contribution in [3.63, 3.8) is 0 Å². The molecule has 0 unspecified atom stereocenters. The van der Waals surface area contributed by atoms with Gasteiger partial charge in [-0.3, -0.25) is 9.59 Å². The second kappa shape index (κ2) is 6.03. The van der Waals surface area contributed by atoms with E-state index in [9.17, 15) is 9.59 Å². The average Bonchev–Trinajstić information content (AvgIpc) is 2.30. The average molecular weight is 235 g/mol. The molecule has 1 aromatic rings. The predicted molar refractivity (Wildman–Crippen MR) is 64.4 cm³/mol. The zero-order valence-electron chi connectivity index (χ0n) is 10.4. The van der Waals surface area contributed by atoms with Crippen LogP contribution >= 0.6 is 0 Å². The van der Waals surface area contributed by atoms with Crippen LogP contribution in [0.2, 0.25) is 0 Å². The number of methoxy groups -OCH3 is 1. The normalized spacial score (nSPS) is 9.82. The van der Waals surface area contributed by atoms with Crippen LogP contribution in [0.4, 0.5) is 0 Å². The molecule has 4 nitrogen and oxygen atoms in total. The highest BCUT2D eigenvalue weighted by Crippen LogP contribution is 2.09. The van der Waals surface area contributed by atoms with Crippen molar-refractivity contribution in [2.75, 3.05) is 7.11 Å². The summed E-state index contributed by atoms with van der Waals surface area (Å²) < 4.78 is 4.41. The van der Waals surface area contributed by atoms with Gasteiger partial charge in [-0.25, -0.2) is 0 Å². The molecule has 0 spiro atoms. The standard InChI is InChI=1S/C13H17NO3/c1-9-4-5-11(6-10(9)2)8-14-12(15)7-13(16)17-3/h4-6H,7-8H2,1-3H3,(H,14,15). The Labute approximate surface area is 101 Å². The molecule has 0 atom stereocenters. The molecular weight excluding hydrogens is 218 g/mol. The van der Waals surface area contributed by atoms with Gasteiger partial charge in [0.2, 0.25) is 5.91 Å². The largest absolute Gasteiger partial charge is 0.469 e. The number of benzene rings is 1. The molecule has 0 saturated carbocycles. The minimum absolute atomic E-state index is 0.235. The van der Waals surface area contributed by atoms with Gasteiger partial charge in [0.1, 0.15) is 6.42 Å². The van der Waals surface area contributed by atoms with Gasteiger partial charge >= 0.3 is 5.97 Å². The lowest BCUT2D eigenvalue weighted by molar-refractivity contribution is -0.143. The Balaban J connectivity index is 2.47. The summed E-state index contributed by atoms with van der Waals surface area (Å²) in [4.78, 5) is 22.2. The van der Waals surface area contributed by atoms with Crippen LogP contribution in [-0.4, -0.2) is 19.0 Å². The summed E-state index contributed by atoms with van der Waals surface area (Å²) in [5.74, 6) is -0.849. The summed E-state index contributed by atoms with van der Waals surface area (Å²) in [7, 11) is 1.26. The van der Waals surface area contributed by atoms with Crippen molar-refractivity contribution < 1.29 is 14.3 Å². The van der Waals surface area contributed by atoms with E-state index in [1.54, 1.807) is 0 Å². The van der Waals surface area contributed by atoms with Crippen LogP contribution in [0.5, 0.6) is 0 Å². The van der Waals surface area contributed by atoms with E-state index in [0.29, 0.717) is 6.54 Å². The van der Waals surface area contributed by atoms with Gasteiger partial charge < -0.3 is 10.1 Å². The van der Waals surface area contributed by atoms with Crippen LogP contribution in [0.1, 0.15) is 23.1 Å². The van der Waals surface area contributed by atoms with E-state index in [2.05, 4.69) is 10.1 Å². The zero-order chi connectivity index (χ0) is 12.8. The summed E-state index contributed by atoms with van der Waals surface area (Å²) in [6.07, 6.45) is -0.235. The van der Waals surface area contributed by atoms with E-state index in [-0.39, 0.29) is 12.3 Å². The highest BCUT2D eigenvalue weighted by Gasteiger charge is 2.08. The highest BCUT2D eigenvalue weighted by molar-refractivity contribution is 5.94. The van der Waals surface area contributed by atoms with Crippen LogP contribution in [0, 0.1) is 13.8 Å². The van der Waals surface area contributed by atoms with Crippen LogP contribution in [0.25, 0.3) is 0 Å². The molecule has 1 aromatic carbocycles. The highest BCUT2D eigenvalue weighted by atomic mass is 16.5. The van der Waals surface area contributed by atoms with Crippen molar-refractivity contribution >= 4 is 11.9 Å². The molecule has 1 N–H and O–H groups in total. The lowest BCUT2D eigenvalue weighted by Gasteiger charge is -2.07. The van der Waals surface area contributed by atoms with Crippen molar-refractivity contribution in [2.24, 2.45) is 0 Å². The number of rotatable bonds is 4. The minimum Gasteiger partial charge on any atom is -0.469 e. The summed E-state index contributed by atoms with van der Waals surface area (Å²) >= 11 is 0. The third-order valence-electron chi connectivity index (χ3n) is 2.59. The Morgan fingerprint density at radius 1 is 1.24 bits per heavy atom. The molecule has 0 aliphatic heterocycles. The number of carbonyl (C=O) groups is 2. The monoisotopic (exact) mass is 235 g/mol. The van der Waals surface area contributed by atoms with Gasteiger partial charge in [-0.2, -0.15) is 0 Å². The van der Waals surface area contributed by atoms with Crippen molar-refractivity contribution in [3.05, 3.63) is 34.9 Å². The van der Waals surface area contributed by atoms with E-state index < -0.39 is 5.97 Å². The van der Waals surface area contributed by atoms with Crippen LogP contribution in [0.3, 0.4) is 0 Å². The number of nitrogens with one attached hydrogen (secondary N) is 1. The maximum absolute atomic E-state index is 11.3. The molecule has 92 valence electrons. The fraction of sp³-hybridized carbons (Fsp3) is 0.385. The van der Waals surface area contributed by atoms with Crippen LogP contribution in [-0.2, 0) is 20.9 Å². The molecule has 0 aliphatic rings. The molecule has 0 bridgehead atoms. The maximum Gasteiger partial charge on any atom is 0.315 e. The first-order valence-corrected chi connectivity index (χ1v) is 5.42. The number of esters is 1. The van der Waals surface area contributed by atoms with E-state index in [1.165, 1.54) is 18.2 Å². The van der Waals surface area contributed by atoms with E-state index in [4.69, 9.17) is 0 Å². The van der Waals surface area contributed by atoms with Gasteiger partial charge in [-0.1, -0.05) is 18.2 Å². The predicted octanol–water partition coefficient (Wildman–Crippen LogP) is 1.48. The number of hydrogen-bond acceptors (Lipinski definition) is 3. The Bertz CT molecular complexity index is 427. The van der Waals surface area contributed by atoms with Crippen molar-refractivity contribution in [3.8, 4) is 0 Å². The molecular formula is C13H17NO3. The Kier molecular flexibility index (Phi) is 4.69. The lowest BCUT2D eigenvalue weighted by atomic mass is 10.1. The maximum atomic E-state index is 11.3. The van der Waals surface area contributed by atoms with Gasteiger partial charge in [-0.15, -0.1) is 0 Å². The van der Waals surface area contributed by atoms with E-state index >= 15 is 0 Å². The SMILES string of the molecule is COC(=O)CC(=O)NCc1ccc(C)c(C)c1. The number of hydrogen-bond donors (Lipinski definition) is 1. The summed E-state index contributed by atoms with van der Waals surface area (Å²) in [6.45, 7) is 4.49. The first kappa shape index (κ1) is 13.2. The molecule has 4 heteroatoms. The van der Waals surface area contributed by atoms with Gasteiger partial charge in [0, 0.05) is 6.54 Å². The number of amides is 1. The number of ether oxygens (including phenoxy) is 1. The molecule has 0 saturated heterocycles. The van der Waals surface area contributed by atoms with Crippen molar-refractivity contribution in [2.45, 2.75) is 26.8 Å². The second-order valence-electron chi connectivity index (χ2n) is 3.95. The molecule has 17 heavy (non-hydrogen) atoms. The van der Waals surface area contributed by atoms with Gasteiger partial charge in [-0.05, 0) is 30.5 Å². The molecule has 0 aliphatic carbocycles. The van der Waals surface area contributed by atoms with Gasteiger partial charge in [0.25, 0.3) is 0 Å². The fourth-order valence-electron chi connectivity index (χ4n) is 1.38. The zero-order valence-corrected chi connectivity index (χ0v) is 10.4. The van der Waals surface area contributed by atoms with Gasteiger partial charge in [0.15, 0.2) is 0 Å². The Morgan fingerprint density at radius 2 is 1.94 bits per heavy atom. The first-order chi connectivity index (χ1) is 8.02. The second-order valence-corrected chi connectivity index (χ2v) is 3.95. The third-order valence-corrected chi connectivity index (χ3v) is 2.59. The molecule has 1 rings (SSSR count). The first-order valence-electron chi connectivity index (χ1n) is 5.42. The summed E-state index contributed by atoms with van der Waals surface area (Å²) in [5, 5.41) is 2.67. The fourth-order valence-corrected chi connectivity index (χ4v) is 1.38. The molecule has 0 heterocycles. The molecule has 1 amide bonds. The van der Waals surface area contributed by atoms with Crippen LogP contribution < -0.4 is 5.32 Å². The summed E-state index contributed by atoms with van der Waals surface area (Å²) in [6, 6.07) is 5.99. The minimum atomic E-state index is -0.525. The molecule has 0 radical (unpaired) electrons. The van der Waals surface area contributed by atoms with Crippen molar-refractivity contribution in [1.82, 2.24) is 5.32 Å². The third kappa shape index (κ3) is 4.26. The number of carbonyl (C=O) groups excluding carboxylic acids is 2. The quantitative estimate of drug-likeness (QED) is 0.635. The van der Waals surface area contributed by atoms with E-state index in [1.807, 2.05) is 32.0 Å². The Morgan fingerprint density at radius 3 is 2.53 bits per heavy atom. The molecule has 0 aromatic heterocycles. The summed E-state index contributed by atoms with van der Waals surface area (Å²) in [5.41, 5.74) is 3.42. The smallest absolute Gasteiger partial charge is 0.315 e. The molecule has 0 fully saturated rings. The topological polar surface area (TPSA) is 55.4 Å². The number of aryl methyl sites for hydroxylation is 2. The lowest BCUT2D eigenvalue weighted by Crippen LogP contribution is -2.25. The van der Waals surface area contributed by atoms with E-state index in [0.717, 1.165) is 5.56 Å². The van der Waals surface area contributed by atoms with Crippen molar-refractivity contribution in [1.29, 1.82) is 0 Å². The Hall–Kier alpha value is -1.84.